The van der Waals surface area contributed by atoms with Crippen LogP contribution in [0.4, 0.5) is 11.4 Å². The van der Waals surface area contributed by atoms with Gasteiger partial charge in [-0.05, 0) is 31.4 Å². The van der Waals surface area contributed by atoms with Gasteiger partial charge in [-0.25, -0.2) is 4.79 Å². The highest BCUT2D eigenvalue weighted by Crippen LogP contribution is 2.22. The molecule has 4 nitrogen and oxygen atoms in total. The Morgan fingerprint density at radius 1 is 1.59 bits per heavy atom. The highest BCUT2D eigenvalue weighted by molar-refractivity contribution is 7.98. The third-order valence-corrected chi connectivity index (χ3v) is 3.56. The van der Waals surface area contributed by atoms with Gasteiger partial charge in [-0.1, -0.05) is 0 Å². The van der Waals surface area contributed by atoms with E-state index in [0.29, 0.717) is 11.7 Å². The SMILES string of the molecule is CSCC(C)N(C)c1ccc(N)c(C(=O)O)c1. The zero-order valence-electron chi connectivity index (χ0n) is 10.3. The van der Waals surface area contributed by atoms with Crippen LogP contribution in [0.2, 0.25) is 0 Å². The van der Waals surface area contributed by atoms with E-state index in [9.17, 15) is 4.79 Å². The van der Waals surface area contributed by atoms with Gasteiger partial charge in [0.15, 0.2) is 0 Å². The number of hydrogen-bond acceptors (Lipinski definition) is 4. The lowest BCUT2D eigenvalue weighted by Gasteiger charge is -2.27. The number of thioether (sulfide) groups is 1. The molecule has 1 atom stereocenters. The van der Waals surface area contributed by atoms with Crippen molar-refractivity contribution in [1.82, 2.24) is 0 Å². The molecule has 1 rings (SSSR count). The number of benzene rings is 1. The van der Waals surface area contributed by atoms with Crippen LogP contribution in [-0.2, 0) is 0 Å². The van der Waals surface area contributed by atoms with Crippen LogP contribution in [0.1, 0.15) is 17.3 Å². The molecule has 1 aromatic carbocycles. The first kappa shape index (κ1) is 13.7. The zero-order valence-corrected chi connectivity index (χ0v) is 11.1. The molecule has 1 aromatic rings. The fraction of sp³-hybridized carbons (Fsp3) is 0.417. The molecule has 0 aliphatic rings. The molecule has 3 N–H and O–H groups in total. The van der Waals surface area contributed by atoms with Crippen molar-refractivity contribution >= 4 is 29.1 Å². The van der Waals surface area contributed by atoms with Crippen LogP contribution in [-0.4, -0.2) is 36.2 Å². The average Bonchev–Trinajstić information content (AvgIpc) is 2.28. The van der Waals surface area contributed by atoms with Crippen molar-refractivity contribution in [2.75, 3.05) is 29.7 Å². The van der Waals surface area contributed by atoms with Gasteiger partial charge in [0.2, 0.25) is 0 Å². The Kier molecular flexibility index (Phi) is 4.69. The third kappa shape index (κ3) is 3.30. The van der Waals surface area contributed by atoms with Gasteiger partial charge in [-0.2, -0.15) is 11.8 Å². The average molecular weight is 254 g/mol. The molecule has 0 radical (unpaired) electrons. The fourth-order valence-corrected chi connectivity index (χ4v) is 2.26. The summed E-state index contributed by atoms with van der Waals surface area (Å²) in [6, 6.07) is 5.45. The number of aromatic carboxylic acids is 1. The summed E-state index contributed by atoms with van der Waals surface area (Å²) in [5.41, 5.74) is 6.95. The largest absolute Gasteiger partial charge is 0.478 e. The molecule has 1 unspecified atom stereocenters. The van der Waals surface area contributed by atoms with E-state index < -0.39 is 5.97 Å². The second-order valence-electron chi connectivity index (χ2n) is 3.99. The monoisotopic (exact) mass is 254 g/mol. The first-order valence-corrected chi connectivity index (χ1v) is 6.71. The van der Waals surface area contributed by atoms with Crippen LogP contribution in [0.3, 0.4) is 0 Å². The minimum Gasteiger partial charge on any atom is -0.478 e. The number of nitrogens with zero attached hydrogens (tertiary/aromatic N) is 1. The summed E-state index contributed by atoms with van der Waals surface area (Å²) in [5, 5.41) is 9.01. The number of nitrogen functional groups attached to an aromatic ring is 1. The summed E-state index contributed by atoms with van der Waals surface area (Å²) in [4.78, 5) is 13.0. The summed E-state index contributed by atoms with van der Waals surface area (Å²) in [7, 11) is 1.96. The van der Waals surface area contributed by atoms with Crippen LogP contribution in [0.25, 0.3) is 0 Å². The molecule has 0 spiro atoms. The molecule has 17 heavy (non-hydrogen) atoms. The van der Waals surface area contributed by atoms with E-state index in [1.807, 2.05) is 13.1 Å². The van der Waals surface area contributed by atoms with E-state index in [-0.39, 0.29) is 5.56 Å². The minimum absolute atomic E-state index is 0.158. The number of carboxylic acids is 1. The molecule has 5 heteroatoms. The summed E-state index contributed by atoms with van der Waals surface area (Å²) in [6.07, 6.45) is 2.05. The zero-order chi connectivity index (χ0) is 13.0. The van der Waals surface area contributed by atoms with E-state index in [0.717, 1.165) is 11.4 Å². The lowest BCUT2D eigenvalue weighted by molar-refractivity contribution is 0.0698. The molecule has 0 fully saturated rings. The number of anilines is 2. The van der Waals surface area contributed by atoms with Crippen LogP contribution in [0, 0.1) is 0 Å². The first-order chi connectivity index (χ1) is 7.97. The maximum Gasteiger partial charge on any atom is 0.337 e. The van der Waals surface area contributed by atoms with Crippen LogP contribution in [0.15, 0.2) is 18.2 Å². The Labute approximate surface area is 106 Å². The minimum atomic E-state index is -0.990. The van der Waals surface area contributed by atoms with Crippen LogP contribution >= 0.6 is 11.8 Å². The fourth-order valence-electron chi connectivity index (χ4n) is 1.56. The summed E-state index contributed by atoms with van der Waals surface area (Å²) in [5.74, 6) is -0.00112. The van der Waals surface area contributed by atoms with Crippen molar-refractivity contribution in [2.45, 2.75) is 13.0 Å². The van der Waals surface area contributed by atoms with Crippen molar-refractivity contribution in [3.05, 3.63) is 23.8 Å². The standard InChI is InChI=1S/C12H18N2O2S/c1-8(7-17-3)14(2)9-4-5-11(13)10(6-9)12(15)16/h4-6,8H,7,13H2,1-3H3,(H,15,16). The van der Waals surface area contributed by atoms with Crippen LogP contribution in [0.5, 0.6) is 0 Å². The highest BCUT2D eigenvalue weighted by atomic mass is 32.2. The maximum absolute atomic E-state index is 11.0. The van der Waals surface area contributed by atoms with Gasteiger partial charge in [-0.15, -0.1) is 0 Å². The molecule has 0 bridgehead atoms. The van der Waals surface area contributed by atoms with Gasteiger partial charge in [0.1, 0.15) is 0 Å². The van der Waals surface area contributed by atoms with Gasteiger partial charge in [0.05, 0.1) is 5.56 Å². The van der Waals surface area contributed by atoms with Gasteiger partial charge < -0.3 is 15.7 Å². The molecule has 0 aliphatic carbocycles. The molecular weight excluding hydrogens is 236 g/mol. The summed E-state index contributed by atoms with van der Waals surface area (Å²) in [6.45, 7) is 2.10. The Morgan fingerprint density at radius 3 is 2.76 bits per heavy atom. The smallest absolute Gasteiger partial charge is 0.337 e. The normalized spacial score (nSPS) is 12.2. The summed E-state index contributed by atoms with van der Waals surface area (Å²) < 4.78 is 0. The van der Waals surface area contributed by atoms with Crippen LogP contribution < -0.4 is 10.6 Å². The topological polar surface area (TPSA) is 66.6 Å². The van der Waals surface area contributed by atoms with E-state index >= 15 is 0 Å². The number of nitrogens with two attached hydrogens (primary N) is 1. The maximum atomic E-state index is 11.0. The second kappa shape index (κ2) is 5.82. The predicted molar refractivity (Wildman–Crippen MR) is 74.1 cm³/mol. The molecular formula is C12H18N2O2S. The van der Waals surface area contributed by atoms with Crippen molar-refractivity contribution in [3.63, 3.8) is 0 Å². The molecule has 0 saturated heterocycles. The lowest BCUT2D eigenvalue weighted by Crippen LogP contribution is -2.30. The summed E-state index contributed by atoms with van der Waals surface area (Å²) >= 11 is 1.76. The van der Waals surface area contributed by atoms with Gasteiger partial charge in [0, 0.05) is 30.2 Å². The second-order valence-corrected chi connectivity index (χ2v) is 4.90. The van der Waals surface area contributed by atoms with Crippen molar-refractivity contribution in [2.24, 2.45) is 0 Å². The molecule has 0 amide bonds. The first-order valence-electron chi connectivity index (χ1n) is 5.32. The van der Waals surface area contributed by atoms with Crippen molar-refractivity contribution < 1.29 is 9.90 Å². The van der Waals surface area contributed by atoms with Crippen molar-refractivity contribution in [1.29, 1.82) is 0 Å². The number of hydrogen-bond donors (Lipinski definition) is 2. The molecule has 0 saturated carbocycles. The third-order valence-electron chi connectivity index (χ3n) is 2.74. The van der Waals surface area contributed by atoms with Gasteiger partial charge >= 0.3 is 5.97 Å². The Balaban J connectivity index is 2.99. The lowest BCUT2D eigenvalue weighted by atomic mass is 10.1. The molecule has 94 valence electrons. The number of rotatable bonds is 5. The Hall–Kier alpha value is -1.36. The van der Waals surface area contributed by atoms with E-state index in [1.165, 1.54) is 0 Å². The quantitative estimate of drug-likeness (QED) is 0.788. The molecule has 0 aliphatic heterocycles. The van der Waals surface area contributed by atoms with E-state index in [2.05, 4.69) is 18.1 Å². The Bertz CT molecular complexity index is 409. The van der Waals surface area contributed by atoms with Gasteiger partial charge in [-0.3, -0.25) is 0 Å². The van der Waals surface area contributed by atoms with Gasteiger partial charge in [0.25, 0.3) is 0 Å². The number of carboxylic acid groups (broad SMARTS) is 1. The number of carbonyl (C=O) groups is 1. The molecule has 0 aromatic heterocycles. The van der Waals surface area contributed by atoms with E-state index in [1.54, 1.807) is 23.9 Å². The van der Waals surface area contributed by atoms with E-state index in [4.69, 9.17) is 10.8 Å². The van der Waals surface area contributed by atoms with Crippen molar-refractivity contribution in [3.8, 4) is 0 Å². The highest BCUT2D eigenvalue weighted by Gasteiger charge is 2.13. The Morgan fingerprint density at radius 2 is 2.24 bits per heavy atom. The predicted octanol–water partition coefficient (Wildman–Crippen LogP) is 2.15. The molecule has 0 heterocycles.